The van der Waals surface area contributed by atoms with Gasteiger partial charge in [0.2, 0.25) is 10.0 Å². The summed E-state index contributed by atoms with van der Waals surface area (Å²) in [5.41, 5.74) is -1.42. The number of alkyl halides is 3. The molecule has 1 aromatic rings. The van der Waals surface area contributed by atoms with Crippen molar-refractivity contribution >= 4 is 27.6 Å². The number of hydrogen-bond donors (Lipinski definition) is 2. The van der Waals surface area contributed by atoms with Crippen LogP contribution in [0.15, 0.2) is 23.1 Å². The average Bonchev–Trinajstić information content (AvgIpc) is 2.26. The van der Waals surface area contributed by atoms with Gasteiger partial charge < -0.3 is 5.11 Å². The predicted molar refractivity (Wildman–Crippen MR) is 63.9 cm³/mol. The first-order chi connectivity index (χ1) is 8.95. The maximum atomic E-state index is 12.8. The number of sulfonamides is 1. The van der Waals surface area contributed by atoms with Crippen molar-refractivity contribution in [1.82, 2.24) is 4.72 Å². The SMILES string of the molecule is C[C@@H](NS(=O)(=O)c1cc(Cl)ccc1C(F)(F)F)C(=O)O. The highest BCUT2D eigenvalue weighted by Crippen LogP contribution is 2.35. The molecule has 10 heteroatoms. The molecule has 20 heavy (non-hydrogen) atoms. The number of carboxylic acid groups (broad SMARTS) is 1. The van der Waals surface area contributed by atoms with E-state index in [-0.39, 0.29) is 5.02 Å². The van der Waals surface area contributed by atoms with Gasteiger partial charge in [-0.15, -0.1) is 0 Å². The average molecular weight is 332 g/mol. The Hall–Kier alpha value is -1.32. The van der Waals surface area contributed by atoms with Crippen molar-refractivity contribution in [2.75, 3.05) is 0 Å². The molecule has 0 aliphatic rings. The second kappa shape index (κ2) is 5.58. The van der Waals surface area contributed by atoms with Crippen molar-refractivity contribution < 1.29 is 31.5 Å². The second-order valence-electron chi connectivity index (χ2n) is 3.82. The van der Waals surface area contributed by atoms with Crippen molar-refractivity contribution in [3.63, 3.8) is 0 Å². The minimum absolute atomic E-state index is 0.221. The van der Waals surface area contributed by atoms with E-state index in [4.69, 9.17) is 16.7 Å². The van der Waals surface area contributed by atoms with Crippen LogP contribution in [0, 0.1) is 0 Å². The topological polar surface area (TPSA) is 83.5 Å². The fourth-order valence-electron chi connectivity index (χ4n) is 1.30. The van der Waals surface area contributed by atoms with Gasteiger partial charge in [-0.2, -0.15) is 17.9 Å². The summed E-state index contributed by atoms with van der Waals surface area (Å²) in [5.74, 6) is -1.52. The molecule has 1 atom stereocenters. The lowest BCUT2D eigenvalue weighted by atomic mass is 10.2. The molecule has 0 aliphatic carbocycles. The lowest BCUT2D eigenvalue weighted by Crippen LogP contribution is -2.39. The Kier molecular flexibility index (Phi) is 4.67. The van der Waals surface area contributed by atoms with Crippen molar-refractivity contribution in [3.8, 4) is 0 Å². The lowest BCUT2D eigenvalue weighted by Gasteiger charge is -2.15. The molecular formula is C10H9ClF3NO4S. The summed E-state index contributed by atoms with van der Waals surface area (Å²) in [6.45, 7) is 0.984. The van der Waals surface area contributed by atoms with Gasteiger partial charge in [0.05, 0.1) is 10.5 Å². The highest BCUT2D eigenvalue weighted by Gasteiger charge is 2.38. The normalized spacial score (nSPS) is 14.1. The quantitative estimate of drug-likeness (QED) is 0.885. The number of halogens is 4. The fourth-order valence-corrected chi connectivity index (χ4v) is 2.98. The number of nitrogens with one attached hydrogen (secondary N) is 1. The third-order valence-corrected chi connectivity index (χ3v) is 4.06. The van der Waals surface area contributed by atoms with E-state index in [1.165, 1.54) is 0 Å². The van der Waals surface area contributed by atoms with Crippen LogP contribution in [0.1, 0.15) is 12.5 Å². The molecule has 1 rings (SSSR count). The van der Waals surface area contributed by atoms with E-state index in [0.29, 0.717) is 12.1 Å². The van der Waals surface area contributed by atoms with Crippen molar-refractivity contribution in [1.29, 1.82) is 0 Å². The lowest BCUT2D eigenvalue weighted by molar-refractivity contribution is -0.140. The van der Waals surface area contributed by atoms with E-state index in [0.717, 1.165) is 13.0 Å². The standard InChI is InChI=1S/C10H9ClF3NO4S/c1-5(9(16)17)15-20(18,19)8-4-6(11)2-3-7(8)10(12,13)14/h2-5,15H,1H3,(H,16,17)/t5-/m1/s1. The molecule has 0 fully saturated rings. The zero-order chi connectivity index (χ0) is 15.7. The van der Waals surface area contributed by atoms with Gasteiger partial charge in [0.1, 0.15) is 6.04 Å². The predicted octanol–water partition coefficient (Wildman–Crippen LogP) is 2.11. The van der Waals surface area contributed by atoms with Gasteiger partial charge in [0.15, 0.2) is 0 Å². The number of benzene rings is 1. The summed E-state index contributed by atoms with van der Waals surface area (Å²) < 4.78 is 63.6. The highest BCUT2D eigenvalue weighted by molar-refractivity contribution is 7.89. The molecule has 1 aromatic carbocycles. The van der Waals surface area contributed by atoms with Crippen LogP contribution in [0.25, 0.3) is 0 Å². The van der Waals surface area contributed by atoms with E-state index >= 15 is 0 Å². The molecule has 0 saturated carbocycles. The van der Waals surface area contributed by atoms with Crippen LogP contribution in [-0.4, -0.2) is 25.5 Å². The maximum Gasteiger partial charge on any atom is 0.417 e. The first-order valence-corrected chi connectivity index (χ1v) is 6.93. The Morgan fingerprint density at radius 3 is 2.40 bits per heavy atom. The van der Waals surface area contributed by atoms with Crippen LogP contribution in [-0.2, 0) is 21.0 Å². The molecule has 0 spiro atoms. The third kappa shape index (κ3) is 3.84. The van der Waals surface area contributed by atoms with Crippen molar-refractivity contribution in [2.45, 2.75) is 24.0 Å². The van der Waals surface area contributed by atoms with Gasteiger partial charge in [-0.3, -0.25) is 4.79 Å². The van der Waals surface area contributed by atoms with Gasteiger partial charge in [-0.25, -0.2) is 8.42 Å². The number of hydrogen-bond acceptors (Lipinski definition) is 3. The zero-order valence-corrected chi connectivity index (χ0v) is 11.5. The van der Waals surface area contributed by atoms with Crippen LogP contribution in [0.3, 0.4) is 0 Å². The Morgan fingerprint density at radius 2 is 1.95 bits per heavy atom. The van der Waals surface area contributed by atoms with Crippen molar-refractivity contribution in [2.24, 2.45) is 0 Å². The van der Waals surface area contributed by atoms with E-state index in [2.05, 4.69) is 0 Å². The summed E-state index contributed by atoms with van der Waals surface area (Å²) >= 11 is 5.50. The molecule has 0 bridgehead atoms. The molecule has 0 unspecified atom stereocenters. The summed E-state index contributed by atoms with van der Waals surface area (Å²) in [4.78, 5) is 9.46. The molecule has 5 nitrogen and oxygen atoms in total. The van der Waals surface area contributed by atoms with Crippen LogP contribution < -0.4 is 4.72 Å². The van der Waals surface area contributed by atoms with Crippen molar-refractivity contribution in [3.05, 3.63) is 28.8 Å². The second-order valence-corrected chi connectivity index (χ2v) is 5.94. The Balaban J connectivity index is 3.38. The molecular weight excluding hydrogens is 323 g/mol. The third-order valence-electron chi connectivity index (χ3n) is 2.24. The number of carbonyl (C=O) groups is 1. The molecule has 0 saturated heterocycles. The Labute approximate surface area is 117 Å². The molecule has 112 valence electrons. The van der Waals surface area contributed by atoms with Gasteiger partial charge in [-0.1, -0.05) is 11.6 Å². The minimum atomic E-state index is -4.92. The van der Waals surface area contributed by atoms with E-state index in [1.807, 2.05) is 0 Å². The fraction of sp³-hybridized carbons (Fsp3) is 0.300. The molecule has 0 aliphatic heterocycles. The highest BCUT2D eigenvalue weighted by atomic mass is 35.5. The van der Waals surface area contributed by atoms with E-state index in [9.17, 15) is 26.4 Å². The first kappa shape index (κ1) is 16.7. The summed E-state index contributed by atoms with van der Waals surface area (Å²) in [5, 5.41) is 8.38. The molecule has 0 radical (unpaired) electrons. The first-order valence-electron chi connectivity index (χ1n) is 5.07. The van der Waals surface area contributed by atoms with Crippen LogP contribution in [0.5, 0.6) is 0 Å². The number of carboxylic acids is 1. The van der Waals surface area contributed by atoms with Crippen LogP contribution >= 0.6 is 11.6 Å². The van der Waals surface area contributed by atoms with Gasteiger partial charge in [0.25, 0.3) is 0 Å². The monoisotopic (exact) mass is 331 g/mol. The smallest absolute Gasteiger partial charge is 0.417 e. The molecule has 0 amide bonds. The molecule has 0 heterocycles. The number of aliphatic carboxylic acids is 1. The Morgan fingerprint density at radius 1 is 1.40 bits per heavy atom. The number of rotatable bonds is 4. The van der Waals surface area contributed by atoms with Crippen LogP contribution in [0.4, 0.5) is 13.2 Å². The zero-order valence-electron chi connectivity index (χ0n) is 9.90. The minimum Gasteiger partial charge on any atom is -0.480 e. The molecule has 0 aromatic heterocycles. The maximum absolute atomic E-state index is 12.8. The van der Waals surface area contributed by atoms with Gasteiger partial charge in [-0.05, 0) is 25.1 Å². The summed E-state index contributed by atoms with van der Waals surface area (Å²) in [6, 6.07) is 0.438. The van der Waals surface area contributed by atoms with Crippen LogP contribution in [0.2, 0.25) is 5.02 Å². The summed E-state index contributed by atoms with van der Waals surface area (Å²) in [7, 11) is -4.68. The van der Waals surface area contributed by atoms with Gasteiger partial charge in [0, 0.05) is 5.02 Å². The molecule has 2 N–H and O–H groups in total. The largest absolute Gasteiger partial charge is 0.480 e. The van der Waals surface area contributed by atoms with E-state index < -0.39 is 38.7 Å². The summed E-state index contributed by atoms with van der Waals surface area (Å²) in [6.07, 6.45) is -4.92. The van der Waals surface area contributed by atoms with Gasteiger partial charge >= 0.3 is 12.1 Å². The Bertz CT molecular complexity index is 630. The van der Waals surface area contributed by atoms with E-state index in [1.54, 1.807) is 4.72 Å².